The molecule has 0 aromatic carbocycles. The van der Waals surface area contributed by atoms with Crippen LogP contribution in [0.2, 0.25) is 0 Å². The Labute approximate surface area is 108 Å². The molecule has 1 saturated heterocycles. The van der Waals surface area contributed by atoms with E-state index < -0.39 is 17.9 Å². The Morgan fingerprint density at radius 3 is 3.11 bits per heavy atom. The minimum absolute atomic E-state index is 0.0500. The SMILES string of the molecule is C#C[C@@]1(O)[C@H](O)CO[C@H]1n1ccc2c(N)ncnc21. The van der Waals surface area contributed by atoms with Gasteiger partial charge in [-0.25, -0.2) is 9.97 Å². The van der Waals surface area contributed by atoms with E-state index in [9.17, 15) is 10.2 Å². The lowest BCUT2D eigenvalue weighted by molar-refractivity contribution is -0.0640. The smallest absolute Gasteiger partial charge is 0.198 e. The van der Waals surface area contributed by atoms with E-state index in [0.717, 1.165) is 0 Å². The summed E-state index contributed by atoms with van der Waals surface area (Å²) in [5.41, 5.74) is 4.42. The molecule has 2 aromatic rings. The molecule has 0 radical (unpaired) electrons. The molecule has 0 saturated carbocycles. The van der Waals surface area contributed by atoms with Crippen molar-refractivity contribution in [3.8, 4) is 12.3 Å². The first-order valence-electron chi connectivity index (χ1n) is 5.64. The standard InChI is InChI=1S/C12H12N4O3/c1-2-12(18)8(17)5-19-11(12)16-4-3-7-9(13)14-6-15-10(7)16/h1,3-4,6,8,11,17-18H,5H2,(H2,13,14,15)/t8-,11-,12-/m1/s1. The first-order chi connectivity index (χ1) is 9.08. The van der Waals surface area contributed by atoms with E-state index in [1.54, 1.807) is 16.8 Å². The van der Waals surface area contributed by atoms with Gasteiger partial charge in [-0.3, -0.25) is 0 Å². The molecule has 3 rings (SSSR count). The predicted molar refractivity (Wildman–Crippen MR) is 66.7 cm³/mol. The number of terminal acetylenes is 1. The summed E-state index contributed by atoms with van der Waals surface area (Å²) >= 11 is 0. The van der Waals surface area contributed by atoms with Gasteiger partial charge in [-0.05, 0) is 6.07 Å². The fraction of sp³-hybridized carbons (Fsp3) is 0.333. The molecule has 98 valence electrons. The zero-order valence-corrected chi connectivity index (χ0v) is 9.89. The molecule has 2 aromatic heterocycles. The van der Waals surface area contributed by atoms with E-state index >= 15 is 0 Å². The van der Waals surface area contributed by atoms with Crippen LogP contribution in [0.5, 0.6) is 0 Å². The molecule has 0 spiro atoms. The molecule has 7 nitrogen and oxygen atoms in total. The molecule has 1 aliphatic heterocycles. The number of rotatable bonds is 1. The quantitative estimate of drug-likeness (QED) is 0.583. The molecule has 3 heterocycles. The highest BCUT2D eigenvalue weighted by molar-refractivity contribution is 5.86. The van der Waals surface area contributed by atoms with Gasteiger partial charge in [0.25, 0.3) is 0 Å². The van der Waals surface area contributed by atoms with Crippen molar-refractivity contribution < 1.29 is 14.9 Å². The van der Waals surface area contributed by atoms with Gasteiger partial charge in [-0.15, -0.1) is 6.42 Å². The molecular weight excluding hydrogens is 248 g/mol. The lowest BCUT2D eigenvalue weighted by atomic mass is 9.99. The van der Waals surface area contributed by atoms with E-state index in [1.807, 2.05) is 0 Å². The molecule has 1 fully saturated rings. The van der Waals surface area contributed by atoms with Crippen LogP contribution >= 0.6 is 0 Å². The minimum atomic E-state index is -1.80. The molecule has 0 aliphatic carbocycles. The van der Waals surface area contributed by atoms with Gasteiger partial charge in [0.15, 0.2) is 11.8 Å². The number of aliphatic hydroxyl groups is 2. The summed E-state index contributed by atoms with van der Waals surface area (Å²) in [6.45, 7) is -0.0500. The van der Waals surface area contributed by atoms with Crippen molar-refractivity contribution in [3.05, 3.63) is 18.6 Å². The third-order valence-corrected chi connectivity index (χ3v) is 3.32. The van der Waals surface area contributed by atoms with Crippen LogP contribution in [-0.4, -0.2) is 43.1 Å². The molecule has 3 atom stereocenters. The zero-order valence-electron chi connectivity index (χ0n) is 9.89. The van der Waals surface area contributed by atoms with Crippen LogP contribution in [0.4, 0.5) is 5.82 Å². The number of hydrogen-bond acceptors (Lipinski definition) is 6. The van der Waals surface area contributed by atoms with Gasteiger partial charge in [0.2, 0.25) is 0 Å². The van der Waals surface area contributed by atoms with Crippen LogP contribution in [0.25, 0.3) is 11.0 Å². The Morgan fingerprint density at radius 1 is 1.58 bits per heavy atom. The maximum Gasteiger partial charge on any atom is 0.198 e. The van der Waals surface area contributed by atoms with Crippen LogP contribution < -0.4 is 5.73 Å². The Morgan fingerprint density at radius 2 is 2.37 bits per heavy atom. The first kappa shape index (κ1) is 11.9. The Balaban J connectivity index is 2.16. The summed E-state index contributed by atoms with van der Waals surface area (Å²) in [5.74, 6) is 2.52. The van der Waals surface area contributed by atoms with Crippen molar-refractivity contribution in [1.82, 2.24) is 14.5 Å². The number of nitrogen functional groups attached to an aromatic ring is 1. The molecule has 7 heteroatoms. The normalized spacial score (nSPS) is 30.6. The summed E-state index contributed by atoms with van der Waals surface area (Å²) in [4.78, 5) is 7.98. The number of fused-ring (bicyclic) bond motifs is 1. The van der Waals surface area contributed by atoms with Crippen molar-refractivity contribution in [3.63, 3.8) is 0 Å². The molecule has 0 amide bonds. The Hall–Kier alpha value is -2.14. The van der Waals surface area contributed by atoms with Gasteiger partial charge in [0.05, 0.1) is 12.0 Å². The summed E-state index contributed by atoms with van der Waals surface area (Å²) < 4.78 is 6.93. The highest BCUT2D eigenvalue weighted by Crippen LogP contribution is 2.36. The number of nitrogens with zero attached hydrogens (tertiary/aromatic N) is 3. The van der Waals surface area contributed by atoms with Crippen LogP contribution in [0.1, 0.15) is 6.23 Å². The number of nitrogens with two attached hydrogens (primary N) is 1. The third-order valence-electron chi connectivity index (χ3n) is 3.32. The largest absolute Gasteiger partial charge is 0.386 e. The Bertz CT molecular complexity index is 677. The average Bonchev–Trinajstić information content (AvgIpc) is 2.94. The number of anilines is 1. The van der Waals surface area contributed by atoms with Crippen molar-refractivity contribution in [1.29, 1.82) is 0 Å². The summed E-state index contributed by atoms with van der Waals surface area (Å²) in [7, 11) is 0. The number of aliphatic hydroxyl groups excluding tert-OH is 1. The Kier molecular flexibility index (Phi) is 2.46. The fourth-order valence-electron chi connectivity index (χ4n) is 2.24. The summed E-state index contributed by atoms with van der Waals surface area (Å²) in [6, 6.07) is 1.70. The molecule has 4 N–H and O–H groups in total. The lowest BCUT2D eigenvalue weighted by Crippen LogP contribution is -2.43. The molecule has 1 aliphatic rings. The minimum Gasteiger partial charge on any atom is -0.386 e. The van der Waals surface area contributed by atoms with Crippen LogP contribution in [0, 0.1) is 12.3 Å². The maximum atomic E-state index is 10.3. The topological polar surface area (TPSA) is 106 Å². The molecular formula is C12H12N4O3. The van der Waals surface area contributed by atoms with E-state index in [0.29, 0.717) is 16.9 Å². The summed E-state index contributed by atoms with van der Waals surface area (Å²) in [5, 5.41) is 20.7. The zero-order chi connectivity index (χ0) is 13.6. The second-order valence-electron chi connectivity index (χ2n) is 4.39. The van der Waals surface area contributed by atoms with Crippen molar-refractivity contribution in [2.24, 2.45) is 0 Å². The van der Waals surface area contributed by atoms with Crippen LogP contribution in [0.15, 0.2) is 18.6 Å². The monoisotopic (exact) mass is 260 g/mol. The van der Waals surface area contributed by atoms with E-state index in [1.165, 1.54) is 6.33 Å². The van der Waals surface area contributed by atoms with Gasteiger partial charge in [-0.1, -0.05) is 5.92 Å². The lowest BCUT2D eigenvalue weighted by Gasteiger charge is -2.26. The van der Waals surface area contributed by atoms with Crippen molar-refractivity contribution >= 4 is 16.9 Å². The highest BCUT2D eigenvalue weighted by Gasteiger charge is 2.50. The maximum absolute atomic E-state index is 10.3. The predicted octanol–water partition coefficient (Wildman–Crippen LogP) is -0.733. The number of hydrogen-bond donors (Lipinski definition) is 3. The molecule has 19 heavy (non-hydrogen) atoms. The van der Waals surface area contributed by atoms with Gasteiger partial charge >= 0.3 is 0 Å². The fourth-order valence-corrected chi connectivity index (χ4v) is 2.24. The van der Waals surface area contributed by atoms with Crippen molar-refractivity contribution in [2.45, 2.75) is 17.9 Å². The van der Waals surface area contributed by atoms with E-state index in [4.69, 9.17) is 16.9 Å². The van der Waals surface area contributed by atoms with E-state index in [2.05, 4.69) is 15.9 Å². The second kappa shape index (κ2) is 3.93. The van der Waals surface area contributed by atoms with Gasteiger partial charge < -0.3 is 25.3 Å². The average molecular weight is 260 g/mol. The van der Waals surface area contributed by atoms with Crippen LogP contribution in [-0.2, 0) is 4.74 Å². The second-order valence-corrected chi connectivity index (χ2v) is 4.39. The van der Waals surface area contributed by atoms with Crippen molar-refractivity contribution in [2.75, 3.05) is 12.3 Å². The molecule has 0 bridgehead atoms. The number of ether oxygens (including phenoxy) is 1. The first-order valence-corrected chi connectivity index (χ1v) is 5.64. The summed E-state index contributed by atoms with van der Waals surface area (Å²) in [6.07, 6.45) is 6.20. The highest BCUT2D eigenvalue weighted by atomic mass is 16.5. The van der Waals surface area contributed by atoms with Gasteiger partial charge in [-0.2, -0.15) is 0 Å². The van der Waals surface area contributed by atoms with Gasteiger partial charge in [0, 0.05) is 6.20 Å². The van der Waals surface area contributed by atoms with Gasteiger partial charge in [0.1, 0.15) is 23.9 Å². The van der Waals surface area contributed by atoms with Crippen LogP contribution in [0.3, 0.4) is 0 Å². The van der Waals surface area contributed by atoms with E-state index in [-0.39, 0.29) is 6.61 Å². The molecule has 0 unspecified atom stereocenters. The number of aromatic nitrogens is 3. The third kappa shape index (κ3) is 1.51.